The number of aryl methyl sites for hydroxylation is 1. The highest BCUT2D eigenvalue weighted by Gasteiger charge is 2.25. The largest absolute Gasteiger partial charge is 0.325 e. The first kappa shape index (κ1) is 14.7. The molecular weight excluding hydrogens is 279 g/mol. The summed E-state index contributed by atoms with van der Waals surface area (Å²) in [6.45, 7) is 1.83. The van der Waals surface area contributed by atoms with Crippen LogP contribution in [0.5, 0.6) is 0 Å². The second-order valence-corrected chi connectivity index (χ2v) is 5.68. The van der Waals surface area contributed by atoms with E-state index >= 15 is 0 Å². The first-order valence-corrected chi connectivity index (χ1v) is 7.54. The fourth-order valence-electron chi connectivity index (χ4n) is 2.92. The minimum Gasteiger partial charge on any atom is -0.325 e. The molecule has 114 valence electrons. The Hall–Kier alpha value is -2.20. The molecule has 2 aromatic carbocycles. The second kappa shape index (κ2) is 6.28. The van der Waals surface area contributed by atoms with Crippen molar-refractivity contribution in [2.24, 2.45) is 0 Å². The van der Waals surface area contributed by atoms with Crippen LogP contribution in [-0.4, -0.2) is 11.9 Å². The molecule has 22 heavy (non-hydrogen) atoms. The van der Waals surface area contributed by atoms with Crippen LogP contribution in [0.15, 0.2) is 48.5 Å². The molecule has 0 bridgehead atoms. The molecule has 0 spiro atoms. The highest BCUT2D eigenvalue weighted by molar-refractivity contribution is 5.94. The quantitative estimate of drug-likeness (QED) is 0.908. The van der Waals surface area contributed by atoms with Gasteiger partial charge >= 0.3 is 0 Å². The number of nitrogens with one attached hydrogen (secondary N) is 2. The van der Waals surface area contributed by atoms with Crippen molar-refractivity contribution in [3.05, 3.63) is 65.5 Å². The van der Waals surface area contributed by atoms with Crippen molar-refractivity contribution < 1.29 is 9.18 Å². The summed E-state index contributed by atoms with van der Waals surface area (Å²) in [5.41, 5.74) is 3.09. The van der Waals surface area contributed by atoms with Gasteiger partial charge in [-0.3, -0.25) is 10.1 Å². The summed E-state index contributed by atoms with van der Waals surface area (Å²) in [6.07, 6.45) is 2.03. The molecule has 0 fully saturated rings. The van der Waals surface area contributed by atoms with Crippen molar-refractivity contribution in [3.63, 3.8) is 0 Å². The van der Waals surface area contributed by atoms with Gasteiger partial charge in [-0.2, -0.15) is 0 Å². The molecular formula is C18H19FN2O. The Morgan fingerprint density at radius 1 is 1.23 bits per heavy atom. The third-order valence-electron chi connectivity index (χ3n) is 4.07. The van der Waals surface area contributed by atoms with Gasteiger partial charge in [0, 0.05) is 11.7 Å². The zero-order chi connectivity index (χ0) is 15.5. The normalized spacial score (nSPS) is 17.8. The van der Waals surface area contributed by atoms with Crippen molar-refractivity contribution in [1.82, 2.24) is 5.32 Å². The van der Waals surface area contributed by atoms with Gasteiger partial charge < -0.3 is 5.32 Å². The number of benzene rings is 2. The summed E-state index contributed by atoms with van der Waals surface area (Å²) in [4.78, 5) is 12.2. The molecule has 1 amide bonds. The highest BCUT2D eigenvalue weighted by Crippen LogP contribution is 2.31. The highest BCUT2D eigenvalue weighted by atomic mass is 19.1. The minimum absolute atomic E-state index is 0.157. The zero-order valence-corrected chi connectivity index (χ0v) is 12.5. The van der Waals surface area contributed by atoms with Gasteiger partial charge in [0.1, 0.15) is 5.82 Å². The van der Waals surface area contributed by atoms with Gasteiger partial charge in [-0.1, -0.05) is 30.3 Å². The van der Waals surface area contributed by atoms with Gasteiger partial charge in [-0.25, -0.2) is 4.39 Å². The molecule has 1 aliphatic rings. The number of hydrogen-bond donors (Lipinski definition) is 2. The molecule has 2 atom stereocenters. The van der Waals surface area contributed by atoms with E-state index in [-0.39, 0.29) is 23.8 Å². The molecule has 3 nitrogen and oxygen atoms in total. The van der Waals surface area contributed by atoms with Crippen LogP contribution in [0.25, 0.3) is 0 Å². The van der Waals surface area contributed by atoms with Crippen LogP contribution in [0.1, 0.15) is 30.5 Å². The zero-order valence-electron chi connectivity index (χ0n) is 12.5. The van der Waals surface area contributed by atoms with E-state index in [0.29, 0.717) is 5.69 Å². The molecule has 0 unspecified atom stereocenters. The molecule has 0 aromatic heterocycles. The Kier molecular flexibility index (Phi) is 4.20. The lowest BCUT2D eigenvalue weighted by Crippen LogP contribution is -2.39. The predicted molar refractivity (Wildman–Crippen MR) is 85.1 cm³/mol. The number of anilines is 1. The summed E-state index contributed by atoms with van der Waals surface area (Å²) in [5.74, 6) is -0.516. The molecule has 0 saturated carbocycles. The fourth-order valence-corrected chi connectivity index (χ4v) is 2.92. The van der Waals surface area contributed by atoms with E-state index in [1.807, 2.05) is 19.1 Å². The summed E-state index contributed by atoms with van der Waals surface area (Å²) in [7, 11) is 0. The summed E-state index contributed by atoms with van der Waals surface area (Å²) >= 11 is 0. The van der Waals surface area contributed by atoms with Crippen LogP contribution in [0, 0.1) is 5.82 Å². The van der Waals surface area contributed by atoms with E-state index in [1.165, 1.54) is 23.3 Å². The smallest absolute Gasteiger partial charge is 0.241 e. The van der Waals surface area contributed by atoms with E-state index in [0.717, 1.165) is 12.8 Å². The molecule has 2 aromatic rings. The summed E-state index contributed by atoms with van der Waals surface area (Å²) < 4.78 is 13.1. The third kappa shape index (κ3) is 3.17. The van der Waals surface area contributed by atoms with Crippen molar-refractivity contribution >= 4 is 11.6 Å². The Bertz CT molecular complexity index is 686. The number of hydrogen-bond acceptors (Lipinski definition) is 2. The number of carbonyl (C=O) groups is 1. The number of fused-ring (bicyclic) bond motifs is 1. The lowest BCUT2D eigenvalue weighted by Gasteiger charge is -2.20. The van der Waals surface area contributed by atoms with Crippen LogP contribution < -0.4 is 10.6 Å². The Morgan fingerprint density at radius 2 is 2.05 bits per heavy atom. The van der Waals surface area contributed by atoms with Crippen LogP contribution >= 0.6 is 0 Å². The SMILES string of the molecule is C[C@@H](N[C@H]1CCc2ccccc21)C(=O)Nc1cccc(F)c1. The number of carbonyl (C=O) groups excluding carboxylic acids is 1. The Labute approximate surface area is 129 Å². The first-order valence-electron chi connectivity index (χ1n) is 7.54. The molecule has 0 radical (unpaired) electrons. The average Bonchev–Trinajstić information content (AvgIpc) is 2.90. The van der Waals surface area contributed by atoms with E-state index in [4.69, 9.17) is 0 Å². The van der Waals surface area contributed by atoms with Crippen LogP contribution in [-0.2, 0) is 11.2 Å². The van der Waals surface area contributed by atoms with Crippen LogP contribution in [0.2, 0.25) is 0 Å². The Morgan fingerprint density at radius 3 is 2.86 bits per heavy atom. The third-order valence-corrected chi connectivity index (χ3v) is 4.07. The van der Waals surface area contributed by atoms with Crippen LogP contribution in [0.3, 0.4) is 0 Å². The maximum atomic E-state index is 13.1. The molecule has 2 N–H and O–H groups in total. The average molecular weight is 298 g/mol. The minimum atomic E-state index is -0.358. The summed E-state index contributed by atoms with van der Waals surface area (Å²) in [6, 6.07) is 14.1. The van der Waals surface area contributed by atoms with Gasteiger partial charge in [-0.05, 0) is 49.1 Å². The molecule has 0 aliphatic heterocycles. The molecule has 4 heteroatoms. The topological polar surface area (TPSA) is 41.1 Å². The van der Waals surface area contributed by atoms with Crippen molar-refractivity contribution in [1.29, 1.82) is 0 Å². The van der Waals surface area contributed by atoms with Gasteiger partial charge in [0.2, 0.25) is 5.91 Å². The number of amides is 1. The van der Waals surface area contributed by atoms with Crippen molar-refractivity contribution in [2.45, 2.75) is 31.8 Å². The second-order valence-electron chi connectivity index (χ2n) is 5.68. The molecule has 0 saturated heterocycles. The van der Waals surface area contributed by atoms with E-state index < -0.39 is 0 Å². The lowest BCUT2D eigenvalue weighted by atomic mass is 10.1. The predicted octanol–water partition coefficient (Wildman–Crippen LogP) is 3.43. The van der Waals surface area contributed by atoms with Gasteiger partial charge in [-0.15, -0.1) is 0 Å². The molecule has 1 aliphatic carbocycles. The maximum Gasteiger partial charge on any atom is 0.241 e. The molecule has 0 heterocycles. The van der Waals surface area contributed by atoms with Gasteiger partial charge in [0.15, 0.2) is 0 Å². The maximum absolute atomic E-state index is 13.1. The van der Waals surface area contributed by atoms with Crippen LogP contribution in [0.4, 0.5) is 10.1 Å². The summed E-state index contributed by atoms with van der Waals surface area (Å²) in [5, 5.41) is 6.10. The fraction of sp³-hybridized carbons (Fsp3) is 0.278. The van der Waals surface area contributed by atoms with E-state index in [1.54, 1.807) is 12.1 Å². The number of halogens is 1. The lowest BCUT2D eigenvalue weighted by molar-refractivity contribution is -0.118. The monoisotopic (exact) mass is 298 g/mol. The van der Waals surface area contributed by atoms with Crippen molar-refractivity contribution in [2.75, 3.05) is 5.32 Å². The van der Waals surface area contributed by atoms with E-state index in [9.17, 15) is 9.18 Å². The van der Waals surface area contributed by atoms with Crippen molar-refractivity contribution in [3.8, 4) is 0 Å². The standard InChI is InChI=1S/C18H19FN2O/c1-12(18(22)21-15-7-4-6-14(19)11-15)20-17-10-9-13-5-2-3-8-16(13)17/h2-8,11-12,17,20H,9-10H2,1H3,(H,21,22)/t12-,17+/m1/s1. The van der Waals surface area contributed by atoms with Gasteiger partial charge in [0.25, 0.3) is 0 Å². The van der Waals surface area contributed by atoms with E-state index in [2.05, 4.69) is 22.8 Å². The molecule has 3 rings (SSSR count). The number of rotatable bonds is 4. The Balaban J connectivity index is 1.63. The first-order chi connectivity index (χ1) is 10.6. The van der Waals surface area contributed by atoms with Gasteiger partial charge in [0.05, 0.1) is 6.04 Å².